The van der Waals surface area contributed by atoms with E-state index in [9.17, 15) is 4.79 Å². The summed E-state index contributed by atoms with van der Waals surface area (Å²) in [6.45, 7) is 1.40. The molecule has 0 bridgehead atoms. The summed E-state index contributed by atoms with van der Waals surface area (Å²) in [5.74, 6) is 5.67. The first-order valence-corrected chi connectivity index (χ1v) is 5.93. The molecule has 0 radical (unpaired) electrons. The Labute approximate surface area is 101 Å². The van der Waals surface area contributed by atoms with Crippen LogP contribution >= 0.6 is 0 Å². The van der Waals surface area contributed by atoms with E-state index in [2.05, 4.69) is 5.43 Å². The smallest absolute Gasteiger partial charge is 0.238 e. The van der Waals surface area contributed by atoms with E-state index in [1.165, 1.54) is 12.8 Å². The molecule has 92 valence electrons. The van der Waals surface area contributed by atoms with E-state index in [1.807, 2.05) is 24.3 Å². The van der Waals surface area contributed by atoms with Crippen molar-refractivity contribution in [1.29, 1.82) is 0 Å². The second-order valence-corrected chi connectivity index (χ2v) is 4.47. The van der Waals surface area contributed by atoms with Gasteiger partial charge in [-0.15, -0.1) is 0 Å². The highest BCUT2D eigenvalue weighted by Crippen LogP contribution is 2.29. The predicted octanol–water partition coefficient (Wildman–Crippen LogP) is 1.15. The van der Waals surface area contributed by atoms with Crippen molar-refractivity contribution in [2.45, 2.75) is 25.9 Å². The standard InChI is InChI=1S/C13H18N2O2/c14-15-13(16)7-11-3-1-2-4-12(11)9-17-8-10-5-6-10/h1-4,10H,5-9,14H2,(H,15,16). The van der Waals surface area contributed by atoms with Gasteiger partial charge in [0.15, 0.2) is 0 Å². The summed E-state index contributed by atoms with van der Waals surface area (Å²) >= 11 is 0. The summed E-state index contributed by atoms with van der Waals surface area (Å²) in [5.41, 5.74) is 4.19. The number of benzene rings is 1. The highest BCUT2D eigenvalue weighted by molar-refractivity contribution is 5.78. The van der Waals surface area contributed by atoms with Gasteiger partial charge in [-0.05, 0) is 29.9 Å². The van der Waals surface area contributed by atoms with Gasteiger partial charge < -0.3 is 4.74 Å². The molecule has 0 unspecified atom stereocenters. The lowest BCUT2D eigenvalue weighted by atomic mass is 10.1. The number of nitrogens with two attached hydrogens (primary N) is 1. The van der Waals surface area contributed by atoms with Crippen LogP contribution in [0.2, 0.25) is 0 Å². The molecule has 4 nitrogen and oxygen atoms in total. The average molecular weight is 234 g/mol. The summed E-state index contributed by atoms with van der Waals surface area (Å²) < 4.78 is 5.64. The monoisotopic (exact) mass is 234 g/mol. The van der Waals surface area contributed by atoms with Crippen molar-refractivity contribution in [3.63, 3.8) is 0 Å². The van der Waals surface area contributed by atoms with Crippen LogP contribution in [0.15, 0.2) is 24.3 Å². The summed E-state index contributed by atoms with van der Waals surface area (Å²) in [7, 11) is 0. The number of hydrogen-bond acceptors (Lipinski definition) is 3. The van der Waals surface area contributed by atoms with Crippen LogP contribution in [0, 0.1) is 5.92 Å². The zero-order valence-corrected chi connectivity index (χ0v) is 9.82. The lowest BCUT2D eigenvalue weighted by Gasteiger charge is -2.09. The third-order valence-corrected chi connectivity index (χ3v) is 2.94. The van der Waals surface area contributed by atoms with Crippen LogP contribution in [0.3, 0.4) is 0 Å². The summed E-state index contributed by atoms with van der Waals surface area (Å²) in [5, 5.41) is 0. The average Bonchev–Trinajstić information content (AvgIpc) is 3.15. The molecule has 0 aromatic heterocycles. The van der Waals surface area contributed by atoms with E-state index in [-0.39, 0.29) is 5.91 Å². The molecule has 3 N–H and O–H groups in total. The van der Waals surface area contributed by atoms with Crippen molar-refractivity contribution in [3.05, 3.63) is 35.4 Å². The van der Waals surface area contributed by atoms with Gasteiger partial charge in [0.2, 0.25) is 5.91 Å². The lowest BCUT2D eigenvalue weighted by molar-refractivity contribution is -0.120. The molecule has 1 aromatic carbocycles. The number of carbonyl (C=O) groups is 1. The summed E-state index contributed by atoms with van der Waals surface area (Å²) in [4.78, 5) is 11.2. The molecule has 1 aliphatic carbocycles. The van der Waals surface area contributed by atoms with Crippen molar-refractivity contribution < 1.29 is 9.53 Å². The van der Waals surface area contributed by atoms with E-state index in [1.54, 1.807) is 0 Å². The van der Waals surface area contributed by atoms with Gasteiger partial charge in [-0.2, -0.15) is 0 Å². The zero-order valence-electron chi connectivity index (χ0n) is 9.82. The second kappa shape index (κ2) is 5.80. The van der Waals surface area contributed by atoms with Gasteiger partial charge >= 0.3 is 0 Å². The minimum atomic E-state index is -0.181. The molecule has 0 spiro atoms. The molecular weight excluding hydrogens is 216 g/mol. The van der Waals surface area contributed by atoms with Crippen LogP contribution < -0.4 is 11.3 Å². The van der Waals surface area contributed by atoms with Gasteiger partial charge in [-0.25, -0.2) is 5.84 Å². The Morgan fingerprint density at radius 1 is 1.35 bits per heavy atom. The maximum absolute atomic E-state index is 11.2. The molecule has 1 amide bonds. The van der Waals surface area contributed by atoms with Crippen LogP contribution in [0.1, 0.15) is 24.0 Å². The molecule has 2 rings (SSSR count). The van der Waals surface area contributed by atoms with Crippen LogP contribution in [0.5, 0.6) is 0 Å². The van der Waals surface area contributed by atoms with E-state index in [0.717, 1.165) is 23.7 Å². The lowest BCUT2D eigenvalue weighted by Crippen LogP contribution is -2.31. The first kappa shape index (κ1) is 12.1. The summed E-state index contributed by atoms with van der Waals surface area (Å²) in [6, 6.07) is 7.81. The normalized spacial score (nSPS) is 14.6. The molecule has 4 heteroatoms. The van der Waals surface area contributed by atoms with E-state index in [0.29, 0.717) is 13.0 Å². The Kier molecular flexibility index (Phi) is 4.12. The fraction of sp³-hybridized carbons (Fsp3) is 0.462. The third-order valence-electron chi connectivity index (χ3n) is 2.94. The van der Waals surface area contributed by atoms with Crippen molar-refractivity contribution >= 4 is 5.91 Å². The highest BCUT2D eigenvalue weighted by Gasteiger charge is 2.21. The van der Waals surface area contributed by atoms with Crippen molar-refractivity contribution in [2.75, 3.05) is 6.61 Å². The van der Waals surface area contributed by atoms with Crippen molar-refractivity contribution in [2.24, 2.45) is 11.8 Å². The maximum atomic E-state index is 11.2. The molecule has 1 aromatic rings. The SMILES string of the molecule is NNC(=O)Cc1ccccc1COCC1CC1. The Balaban J connectivity index is 1.91. The van der Waals surface area contributed by atoms with Gasteiger partial charge in [0.05, 0.1) is 13.0 Å². The second-order valence-electron chi connectivity index (χ2n) is 4.47. The molecule has 0 aliphatic heterocycles. The Bertz CT molecular complexity index is 389. The van der Waals surface area contributed by atoms with Crippen molar-refractivity contribution in [1.82, 2.24) is 5.43 Å². The van der Waals surface area contributed by atoms with Crippen LogP contribution in [-0.4, -0.2) is 12.5 Å². The predicted molar refractivity (Wildman–Crippen MR) is 64.9 cm³/mol. The summed E-state index contributed by atoms with van der Waals surface area (Å²) in [6.07, 6.45) is 2.88. The minimum Gasteiger partial charge on any atom is -0.376 e. The van der Waals surface area contributed by atoms with E-state index >= 15 is 0 Å². The quantitative estimate of drug-likeness (QED) is 0.441. The van der Waals surface area contributed by atoms with Crippen LogP contribution in [-0.2, 0) is 22.6 Å². The number of carbonyl (C=O) groups excluding carboxylic acids is 1. The van der Waals surface area contributed by atoms with Gasteiger partial charge in [0.25, 0.3) is 0 Å². The van der Waals surface area contributed by atoms with Crippen molar-refractivity contribution in [3.8, 4) is 0 Å². The minimum absolute atomic E-state index is 0.181. The maximum Gasteiger partial charge on any atom is 0.238 e. The number of rotatable bonds is 6. The molecule has 0 saturated heterocycles. The number of hydrogen-bond donors (Lipinski definition) is 2. The topological polar surface area (TPSA) is 64.3 Å². The van der Waals surface area contributed by atoms with Crippen LogP contribution in [0.25, 0.3) is 0 Å². The third kappa shape index (κ3) is 3.84. The first-order valence-electron chi connectivity index (χ1n) is 5.93. The van der Waals surface area contributed by atoms with Gasteiger partial charge in [0, 0.05) is 6.61 Å². The molecule has 1 saturated carbocycles. The first-order chi connectivity index (χ1) is 8.29. The largest absolute Gasteiger partial charge is 0.376 e. The zero-order chi connectivity index (χ0) is 12.1. The fourth-order valence-electron chi connectivity index (χ4n) is 1.71. The number of nitrogens with one attached hydrogen (secondary N) is 1. The van der Waals surface area contributed by atoms with Gasteiger partial charge in [-0.3, -0.25) is 10.2 Å². The molecule has 17 heavy (non-hydrogen) atoms. The Morgan fingerprint density at radius 3 is 2.71 bits per heavy atom. The number of hydrazine groups is 1. The van der Waals surface area contributed by atoms with E-state index < -0.39 is 0 Å². The van der Waals surface area contributed by atoms with Crippen LogP contribution in [0.4, 0.5) is 0 Å². The number of ether oxygens (including phenoxy) is 1. The molecule has 0 atom stereocenters. The molecule has 1 fully saturated rings. The van der Waals surface area contributed by atoms with E-state index in [4.69, 9.17) is 10.6 Å². The fourth-order valence-corrected chi connectivity index (χ4v) is 1.71. The molecular formula is C13H18N2O2. The van der Waals surface area contributed by atoms with Gasteiger partial charge in [0.1, 0.15) is 0 Å². The highest BCUT2D eigenvalue weighted by atomic mass is 16.5. The Hall–Kier alpha value is -1.39. The Morgan fingerprint density at radius 2 is 2.06 bits per heavy atom. The van der Waals surface area contributed by atoms with Gasteiger partial charge in [-0.1, -0.05) is 24.3 Å². The molecule has 0 heterocycles. The molecule has 1 aliphatic rings. The number of amides is 1.